The Kier molecular flexibility index (Phi) is 7.51. The molecule has 3 N–H and O–H groups in total. The van der Waals surface area contributed by atoms with Gasteiger partial charge in [0.15, 0.2) is 0 Å². The predicted octanol–water partition coefficient (Wildman–Crippen LogP) is 5.97. The molecule has 0 radical (unpaired) electrons. The van der Waals surface area contributed by atoms with Crippen molar-refractivity contribution in [2.45, 2.75) is 25.2 Å². The second-order valence-corrected chi connectivity index (χ2v) is 9.29. The van der Waals surface area contributed by atoms with E-state index in [-0.39, 0.29) is 5.91 Å². The number of aromatic nitrogens is 2. The minimum absolute atomic E-state index is 0.0102. The predicted molar refractivity (Wildman–Crippen MR) is 150 cm³/mol. The Bertz CT molecular complexity index is 1370. The van der Waals surface area contributed by atoms with E-state index in [0.29, 0.717) is 37.8 Å². The molecule has 1 aromatic heterocycles. The van der Waals surface area contributed by atoms with Crippen LogP contribution in [0.2, 0.25) is 0 Å². The minimum atomic E-state index is -0.598. The summed E-state index contributed by atoms with van der Waals surface area (Å²) >= 11 is 0. The second-order valence-electron chi connectivity index (χ2n) is 9.29. The van der Waals surface area contributed by atoms with Crippen LogP contribution < -0.4 is 20.7 Å². The van der Waals surface area contributed by atoms with E-state index in [1.165, 1.54) is 0 Å². The Morgan fingerprint density at radius 2 is 1.47 bits per heavy atom. The number of nitrogens with one attached hydrogen (secondary N) is 3. The lowest BCUT2D eigenvalue weighted by molar-refractivity contribution is -0.125. The fraction of sp³-hybridized carbons (Fsp3) is 0.233. The fourth-order valence-corrected chi connectivity index (χ4v) is 4.65. The minimum Gasteiger partial charge on any atom is -0.497 e. The zero-order valence-corrected chi connectivity index (χ0v) is 21.5. The maximum absolute atomic E-state index is 13.5. The first-order valence-corrected chi connectivity index (χ1v) is 12.6. The quantitative estimate of drug-likeness (QED) is 0.269. The van der Waals surface area contributed by atoms with Crippen LogP contribution in [-0.2, 0) is 14.9 Å². The van der Waals surface area contributed by atoms with Crippen molar-refractivity contribution in [3.63, 3.8) is 0 Å². The average Bonchev–Trinajstić information content (AvgIpc) is 2.95. The number of carbonyl (C=O) groups excluding carboxylic acids is 1. The van der Waals surface area contributed by atoms with Gasteiger partial charge < -0.3 is 25.4 Å². The van der Waals surface area contributed by atoms with Gasteiger partial charge in [-0.25, -0.2) is 4.98 Å². The van der Waals surface area contributed by atoms with E-state index in [4.69, 9.17) is 9.47 Å². The monoisotopic (exact) mass is 509 g/mol. The summed E-state index contributed by atoms with van der Waals surface area (Å²) in [7, 11) is 1.64. The summed E-state index contributed by atoms with van der Waals surface area (Å²) in [6.45, 7) is 3.05. The SMILES string of the molecule is COc1ccc(Nc2cc(C)nc(Nc3ccc(NC(=O)C4(c5ccccc5)CCOCC4)cc3)n2)cc1. The van der Waals surface area contributed by atoms with Gasteiger partial charge in [0.05, 0.1) is 12.5 Å². The van der Waals surface area contributed by atoms with Crippen LogP contribution in [0.15, 0.2) is 84.9 Å². The van der Waals surface area contributed by atoms with Gasteiger partial charge in [0.2, 0.25) is 11.9 Å². The maximum atomic E-state index is 13.5. The number of carbonyl (C=O) groups is 1. The Morgan fingerprint density at radius 1 is 0.842 bits per heavy atom. The molecule has 0 atom stereocenters. The molecular formula is C30H31N5O3. The van der Waals surface area contributed by atoms with Gasteiger partial charge in [0.1, 0.15) is 11.6 Å². The number of aryl methyl sites for hydroxylation is 1. The third kappa shape index (κ3) is 5.76. The maximum Gasteiger partial charge on any atom is 0.235 e. The zero-order valence-electron chi connectivity index (χ0n) is 21.5. The molecule has 2 heterocycles. The molecule has 0 spiro atoms. The van der Waals surface area contributed by atoms with Crippen molar-refractivity contribution in [1.29, 1.82) is 0 Å². The lowest BCUT2D eigenvalue weighted by atomic mass is 9.73. The van der Waals surface area contributed by atoms with Crippen LogP contribution in [0.25, 0.3) is 0 Å². The molecule has 4 aromatic rings. The standard InChI is InChI=1S/C30H31N5O3/c1-21-20-27(32-23-12-14-26(37-2)15-13-23)35-29(31-21)34-25-10-8-24(9-11-25)33-28(36)30(16-18-38-19-17-30)22-6-4-3-5-7-22/h3-15,20H,16-19H2,1-2H3,(H,33,36)(H2,31,32,34,35). The first-order valence-electron chi connectivity index (χ1n) is 12.6. The Labute approximate surface area is 222 Å². The fourth-order valence-electron chi connectivity index (χ4n) is 4.65. The normalized spacial score (nSPS) is 14.4. The summed E-state index contributed by atoms with van der Waals surface area (Å²) in [6.07, 6.45) is 1.31. The van der Waals surface area contributed by atoms with Crippen molar-refractivity contribution in [3.8, 4) is 5.75 Å². The highest BCUT2D eigenvalue weighted by Gasteiger charge is 2.41. The van der Waals surface area contributed by atoms with Crippen molar-refractivity contribution in [3.05, 3.63) is 96.2 Å². The number of amides is 1. The summed E-state index contributed by atoms with van der Waals surface area (Å²) in [5, 5.41) is 9.68. The number of hydrogen-bond donors (Lipinski definition) is 3. The first-order chi connectivity index (χ1) is 18.5. The van der Waals surface area contributed by atoms with E-state index < -0.39 is 5.41 Å². The van der Waals surface area contributed by atoms with E-state index in [1.54, 1.807) is 7.11 Å². The third-order valence-electron chi connectivity index (χ3n) is 6.72. The van der Waals surface area contributed by atoms with Crippen LogP contribution in [0.1, 0.15) is 24.1 Å². The molecule has 1 saturated heterocycles. The molecule has 0 bridgehead atoms. The molecule has 194 valence electrons. The van der Waals surface area contributed by atoms with E-state index >= 15 is 0 Å². The van der Waals surface area contributed by atoms with Crippen LogP contribution >= 0.6 is 0 Å². The largest absolute Gasteiger partial charge is 0.497 e. The van der Waals surface area contributed by atoms with Crippen molar-refractivity contribution < 1.29 is 14.3 Å². The number of benzene rings is 3. The smallest absolute Gasteiger partial charge is 0.235 e. The van der Waals surface area contributed by atoms with Gasteiger partial charge in [0.25, 0.3) is 0 Å². The lowest BCUT2D eigenvalue weighted by Gasteiger charge is -2.36. The Morgan fingerprint density at radius 3 is 2.16 bits per heavy atom. The second kappa shape index (κ2) is 11.3. The van der Waals surface area contributed by atoms with E-state index in [1.807, 2.05) is 91.9 Å². The van der Waals surface area contributed by atoms with Gasteiger partial charge in [0, 0.05) is 42.0 Å². The molecule has 0 unspecified atom stereocenters. The van der Waals surface area contributed by atoms with Gasteiger partial charge in [-0.3, -0.25) is 4.79 Å². The topological polar surface area (TPSA) is 97.4 Å². The van der Waals surface area contributed by atoms with Crippen LogP contribution in [-0.4, -0.2) is 36.2 Å². The summed E-state index contributed by atoms with van der Waals surface area (Å²) in [6, 6.07) is 27.1. The molecule has 8 heteroatoms. The van der Waals surface area contributed by atoms with Crippen LogP contribution in [0.5, 0.6) is 5.75 Å². The number of ether oxygens (including phenoxy) is 2. The number of methoxy groups -OCH3 is 1. The molecule has 1 amide bonds. The molecule has 1 aliphatic heterocycles. The van der Waals surface area contributed by atoms with Gasteiger partial charge in [-0.15, -0.1) is 0 Å². The highest BCUT2D eigenvalue weighted by atomic mass is 16.5. The molecule has 8 nitrogen and oxygen atoms in total. The summed E-state index contributed by atoms with van der Waals surface area (Å²) < 4.78 is 10.8. The Hall–Kier alpha value is -4.43. The van der Waals surface area contributed by atoms with Gasteiger partial charge in [-0.1, -0.05) is 30.3 Å². The van der Waals surface area contributed by atoms with E-state index in [0.717, 1.165) is 34.1 Å². The van der Waals surface area contributed by atoms with E-state index in [9.17, 15) is 4.79 Å². The first kappa shape index (κ1) is 25.2. The van der Waals surface area contributed by atoms with Crippen molar-refractivity contribution in [2.24, 2.45) is 0 Å². The van der Waals surface area contributed by atoms with Gasteiger partial charge in [-0.2, -0.15) is 4.98 Å². The highest BCUT2D eigenvalue weighted by molar-refractivity contribution is 5.99. The third-order valence-corrected chi connectivity index (χ3v) is 6.72. The molecule has 0 saturated carbocycles. The van der Waals surface area contributed by atoms with Crippen molar-refractivity contribution in [2.75, 3.05) is 36.3 Å². The molecule has 5 rings (SSSR count). The molecule has 1 fully saturated rings. The molecule has 38 heavy (non-hydrogen) atoms. The number of anilines is 5. The summed E-state index contributed by atoms with van der Waals surface area (Å²) in [5.41, 5.74) is 3.69. The van der Waals surface area contributed by atoms with Crippen LogP contribution in [0, 0.1) is 6.92 Å². The Balaban J connectivity index is 1.27. The average molecular weight is 510 g/mol. The number of rotatable bonds is 8. The molecule has 0 aliphatic carbocycles. The van der Waals surface area contributed by atoms with Gasteiger partial charge in [-0.05, 0) is 73.9 Å². The number of nitrogens with zero attached hydrogens (tertiary/aromatic N) is 2. The van der Waals surface area contributed by atoms with Crippen LogP contribution in [0.4, 0.5) is 28.8 Å². The summed E-state index contributed by atoms with van der Waals surface area (Å²) in [5.74, 6) is 1.93. The van der Waals surface area contributed by atoms with Crippen LogP contribution in [0.3, 0.4) is 0 Å². The molecular weight excluding hydrogens is 478 g/mol. The van der Waals surface area contributed by atoms with E-state index in [2.05, 4.69) is 25.9 Å². The number of hydrogen-bond acceptors (Lipinski definition) is 7. The van der Waals surface area contributed by atoms with Crippen molar-refractivity contribution in [1.82, 2.24) is 9.97 Å². The molecule has 1 aliphatic rings. The highest BCUT2D eigenvalue weighted by Crippen LogP contribution is 2.36. The molecule has 3 aromatic carbocycles. The van der Waals surface area contributed by atoms with Crippen molar-refractivity contribution >= 4 is 34.7 Å². The van der Waals surface area contributed by atoms with Gasteiger partial charge >= 0.3 is 0 Å². The summed E-state index contributed by atoms with van der Waals surface area (Å²) in [4.78, 5) is 22.6. The lowest BCUT2D eigenvalue weighted by Crippen LogP contribution is -2.44. The zero-order chi connectivity index (χ0) is 26.4.